The van der Waals surface area contributed by atoms with Crippen molar-refractivity contribution in [2.24, 2.45) is 17.3 Å². The maximum absolute atomic E-state index is 13.3. The quantitative estimate of drug-likeness (QED) is 0.265. The molecule has 0 radical (unpaired) electrons. The minimum absolute atomic E-state index is 0.160. The van der Waals surface area contributed by atoms with Crippen molar-refractivity contribution in [3.05, 3.63) is 47.0 Å². The lowest BCUT2D eigenvalue weighted by molar-refractivity contribution is -0.185. The molecule has 2 heterocycles. The number of fused-ring (bicyclic) bond motifs is 1. The number of aromatic nitrogens is 2. The molecule has 11 heteroatoms. The molecule has 0 saturated carbocycles. The first-order chi connectivity index (χ1) is 19.4. The zero-order valence-corrected chi connectivity index (χ0v) is 24.5. The van der Waals surface area contributed by atoms with Gasteiger partial charge in [-0.05, 0) is 69.5 Å². The normalized spacial score (nSPS) is 16.2. The van der Waals surface area contributed by atoms with E-state index in [4.69, 9.17) is 21.1 Å². The first-order valence-corrected chi connectivity index (χ1v) is 13.9. The number of rotatable bonds is 6. The van der Waals surface area contributed by atoms with Crippen LogP contribution < -0.4 is 5.32 Å². The fourth-order valence-electron chi connectivity index (χ4n) is 4.42. The summed E-state index contributed by atoms with van der Waals surface area (Å²) in [6.07, 6.45) is -0.461. The van der Waals surface area contributed by atoms with Crippen LogP contribution in [0.5, 0.6) is 0 Å². The number of amides is 2. The van der Waals surface area contributed by atoms with Crippen molar-refractivity contribution >= 4 is 46.3 Å². The van der Waals surface area contributed by atoms with Crippen molar-refractivity contribution in [1.82, 2.24) is 15.1 Å². The molecule has 2 aromatic carbocycles. The van der Waals surface area contributed by atoms with Crippen LogP contribution in [0.15, 0.2) is 36.4 Å². The molecule has 1 aliphatic heterocycles. The smallest absolute Gasteiger partial charge is 0.412 e. The molecule has 1 aliphatic rings. The van der Waals surface area contributed by atoms with Crippen LogP contribution in [0.1, 0.15) is 53.0 Å². The van der Waals surface area contributed by atoms with Gasteiger partial charge in [-0.25, -0.2) is 4.79 Å². The van der Waals surface area contributed by atoms with Crippen molar-refractivity contribution in [2.45, 2.75) is 53.8 Å². The Morgan fingerprint density at radius 2 is 1.93 bits per heavy atom. The maximum atomic E-state index is 13.3. The maximum Gasteiger partial charge on any atom is 0.412 e. The minimum Gasteiger partial charge on any atom is -0.424 e. The fraction of sp³-hybridized carbons (Fsp3) is 0.433. The Hall–Kier alpha value is -4.10. The summed E-state index contributed by atoms with van der Waals surface area (Å²) in [5.74, 6) is -1.11. The number of nitrogens with one attached hydrogen (secondary N) is 2. The Morgan fingerprint density at radius 3 is 2.61 bits per heavy atom. The molecule has 1 aromatic heterocycles. The second kappa shape index (κ2) is 12.2. The summed E-state index contributed by atoms with van der Waals surface area (Å²) in [6, 6.07) is 12.7. The monoisotopic (exact) mass is 579 g/mol. The molecule has 0 bridgehead atoms. The highest BCUT2D eigenvalue weighted by atomic mass is 35.5. The number of piperidine rings is 1. The molecule has 41 heavy (non-hydrogen) atoms. The predicted molar refractivity (Wildman–Crippen MR) is 155 cm³/mol. The number of likely N-dealkylation sites (tertiary alicyclic amines) is 1. The molecule has 0 aliphatic carbocycles. The number of benzene rings is 2. The molecular weight excluding hydrogens is 546 g/mol. The van der Waals surface area contributed by atoms with E-state index in [1.165, 1.54) is 4.90 Å². The van der Waals surface area contributed by atoms with E-state index in [1.807, 2.05) is 18.2 Å². The number of hydrogen-bond acceptors (Lipinski definition) is 7. The van der Waals surface area contributed by atoms with Crippen molar-refractivity contribution < 1.29 is 23.9 Å². The number of halogens is 1. The van der Waals surface area contributed by atoms with Crippen LogP contribution in [0.2, 0.25) is 5.02 Å². The molecule has 10 nitrogen and oxygen atoms in total. The van der Waals surface area contributed by atoms with Crippen LogP contribution in [0.4, 0.5) is 10.6 Å². The largest absolute Gasteiger partial charge is 0.424 e. The zero-order valence-electron chi connectivity index (χ0n) is 23.8. The van der Waals surface area contributed by atoms with Crippen molar-refractivity contribution in [3.63, 3.8) is 0 Å². The number of esters is 1. The van der Waals surface area contributed by atoms with Crippen molar-refractivity contribution in [2.75, 3.05) is 18.4 Å². The Kier molecular flexibility index (Phi) is 8.88. The number of nitrogens with zero attached hydrogens (tertiary/aromatic N) is 3. The summed E-state index contributed by atoms with van der Waals surface area (Å²) in [7, 11) is 0. The minimum atomic E-state index is -1.03. The van der Waals surface area contributed by atoms with E-state index in [9.17, 15) is 19.6 Å². The molecule has 2 amide bonds. The molecule has 1 saturated heterocycles. The van der Waals surface area contributed by atoms with Crippen LogP contribution in [0.3, 0.4) is 0 Å². The Morgan fingerprint density at radius 1 is 1.17 bits per heavy atom. The number of carbonyl (C=O) groups is 3. The van der Waals surface area contributed by atoms with Gasteiger partial charge in [-0.1, -0.05) is 31.5 Å². The summed E-state index contributed by atoms with van der Waals surface area (Å²) < 4.78 is 11.0. The number of ether oxygens (including phenoxy) is 2. The van der Waals surface area contributed by atoms with Crippen molar-refractivity contribution in [3.8, 4) is 17.2 Å². The SMILES string of the molecule is CC(C)C(OC(=O)N1CCC[C@@H](C(=O)Nc2n[nH]c3ccc(-c4cc(C#N)ccc4Cl)cc23)C1)OC(=O)C(C)(C)C. The molecule has 0 spiro atoms. The van der Waals surface area contributed by atoms with Gasteiger partial charge in [0.15, 0.2) is 5.82 Å². The molecule has 3 aromatic rings. The average molecular weight is 580 g/mol. The van der Waals surface area contributed by atoms with E-state index >= 15 is 0 Å². The van der Waals surface area contributed by atoms with Gasteiger partial charge in [-0.2, -0.15) is 10.4 Å². The average Bonchev–Trinajstić information content (AvgIpc) is 3.34. The summed E-state index contributed by atoms with van der Waals surface area (Å²) in [5, 5.41) is 20.6. The van der Waals surface area contributed by atoms with Gasteiger partial charge in [0, 0.05) is 35.0 Å². The highest BCUT2D eigenvalue weighted by Gasteiger charge is 2.34. The van der Waals surface area contributed by atoms with Gasteiger partial charge in [0.05, 0.1) is 28.5 Å². The highest BCUT2D eigenvalue weighted by Crippen LogP contribution is 2.33. The van der Waals surface area contributed by atoms with Gasteiger partial charge in [0.1, 0.15) is 0 Å². The first-order valence-electron chi connectivity index (χ1n) is 13.5. The van der Waals surface area contributed by atoms with Crippen LogP contribution in [0.25, 0.3) is 22.0 Å². The Bertz CT molecular complexity index is 1500. The van der Waals surface area contributed by atoms with Gasteiger partial charge in [-0.15, -0.1) is 0 Å². The van der Waals surface area contributed by atoms with Gasteiger partial charge >= 0.3 is 12.1 Å². The number of nitriles is 1. The predicted octanol–water partition coefficient (Wildman–Crippen LogP) is 6.11. The Balaban J connectivity index is 1.45. The van der Waals surface area contributed by atoms with Crippen LogP contribution in [0, 0.1) is 28.6 Å². The number of anilines is 1. The fourth-order valence-corrected chi connectivity index (χ4v) is 4.65. The molecular formula is C30H34ClN5O5. The summed E-state index contributed by atoms with van der Waals surface area (Å²) >= 11 is 6.40. The van der Waals surface area contributed by atoms with Crippen molar-refractivity contribution in [1.29, 1.82) is 5.26 Å². The van der Waals surface area contributed by atoms with Gasteiger partial charge in [-0.3, -0.25) is 14.7 Å². The summed E-state index contributed by atoms with van der Waals surface area (Å²) in [5.41, 5.74) is 1.93. The molecule has 1 unspecified atom stereocenters. The van der Waals surface area contributed by atoms with Gasteiger partial charge < -0.3 is 19.7 Å². The highest BCUT2D eigenvalue weighted by molar-refractivity contribution is 6.33. The third kappa shape index (κ3) is 6.98. The summed E-state index contributed by atoms with van der Waals surface area (Å²) in [6.45, 7) is 9.38. The molecule has 4 rings (SSSR count). The lowest BCUT2D eigenvalue weighted by Gasteiger charge is -2.33. The lowest BCUT2D eigenvalue weighted by Crippen LogP contribution is -2.46. The van der Waals surface area contributed by atoms with E-state index < -0.39 is 29.7 Å². The van der Waals surface area contributed by atoms with E-state index in [-0.39, 0.29) is 18.4 Å². The number of carbonyl (C=O) groups excluding carboxylic acids is 3. The lowest BCUT2D eigenvalue weighted by atomic mass is 9.97. The van der Waals surface area contributed by atoms with Gasteiger partial charge in [0.25, 0.3) is 6.29 Å². The van der Waals surface area contributed by atoms with Crippen LogP contribution >= 0.6 is 11.6 Å². The second-order valence-corrected chi connectivity index (χ2v) is 12.0. The van der Waals surface area contributed by atoms with Crippen LogP contribution in [-0.2, 0) is 19.1 Å². The molecule has 216 valence electrons. The Labute approximate surface area is 243 Å². The number of H-pyrrole nitrogens is 1. The van der Waals surface area contributed by atoms with Crippen LogP contribution in [-0.4, -0.2) is 52.4 Å². The molecule has 1 fully saturated rings. The third-order valence-electron chi connectivity index (χ3n) is 6.86. The first kappa shape index (κ1) is 29.9. The van der Waals surface area contributed by atoms with E-state index in [0.717, 1.165) is 11.1 Å². The second-order valence-electron chi connectivity index (χ2n) is 11.6. The van der Waals surface area contributed by atoms with E-state index in [1.54, 1.807) is 52.8 Å². The third-order valence-corrected chi connectivity index (χ3v) is 7.19. The number of aromatic amines is 1. The van der Waals surface area contributed by atoms with E-state index in [0.29, 0.717) is 46.7 Å². The van der Waals surface area contributed by atoms with E-state index in [2.05, 4.69) is 21.6 Å². The summed E-state index contributed by atoms with van der Waals surface area (Å²) in [4.78, 5) is 40.1. The zero-order chi connectivity index (χ0) is 29.9. The molecule has 2 N–H and O–H groups in total. The standard InChI is InChI=1S/C30H34ClN5O5/c1-17(2)27(40-28(38)30(3,4)5)41-29(39)36-12-6-7-20(16-36)26(37)33-25-22-14-19(9-11-24(22)34-35-25)21-13-18(15-32)8-10-23(21)31/h8-11,13-14,17,20,27H,6-7,12,16H2,1-5H3,(H2,33,34,35,37)/t20-,27?/m1/s1. The molecule has 2 atom stereocenters. The number of hydrogen-bond donors (Lipinski definition) is 2. The topological polar surface area (TPSA) is 137 Å². The van der Waals surface area contributed by atoms with Gasteiger partial charge in [0.2, 0.25) is 5.91 Å².